The van der Waals surface area contributed by atoms with Gasteiger partial charge in [-0.15, -0.1) is 0 Å². The summed E-state index contributed by atoms with van der Waals surface area (Å²) in [6, 6.07) is 7.49. The number of hydrogen-bond donors (Lipinski definition) is 0. The minimum absolute atomic E-state index is 0.0195. The average Bonchev–Trinajstić information content (AvgIpc) is 3.47. The van der Waals surface area contributed by atoms with Gasteiger partial charge in [0.2, 0.25) is 5.75 Å². The van der Waals surface area contributed by atoms with Crippen LogP contribution in [-0.4, -0.2) is 28.0 Å². The van der Waals surface area contributed by atoms with Crippen molar-refractivity contribution in [1.82, 2.24) is 5.01 Å². The van der Waals surface area contributed by atoms with Crippen LogP contribution in [0.2, 0.25) is 15.1 Å². The number of carbonyl (C=O) groups excluding carboxylic acids is 2. The maximum absolute atomic E-state index is 12.8. The number of allylic oxidation sites excluding steroid dienone is 2. The zero-order valence-electron chi connectivity index (χ0n) is 17.4. The molecule has 8 nitrogen and oxygen atoms in total. The lowest BCUT2D eigenvalue weighted by Gasteiger charge is -2.13. The van der Waals surface area contributed by atoms with Gasteiger partial charge in [0.1, 0.15) is 6.61 Å². The maximum atomic E-state index is 12.8. The fourth-order valence-electron chi connectivity index (χ4n) is 4.86. The fourth-order valence-corrected chi connectivity index (χ4v) is 5.46. The smallest absolute Gasteiger partial charge is 0.313 e. The number of nitro groups is 1. The van der Waals surface area contributed by atoms with Crippen molar-refractivity contribution < 1.29 is 19.2 Å². The molecule has 3 aliphatic rings. The molecule has 2 aromatic rings. The van der Waals surface area contributed by atoms with Crippen molar-refractivity contribution in [2.45, 2.75) is 13.0 Å². The van der Waals surface area contributed by atoms with E-state index in [9.17, 15) is 19.7 Å². The Balaban J connectivity index is 1.36. The van der Waals surface area contributed by atoms with E-state index < -0.39 is 4.92 Å². The van der Waals surface area contributed by atoms with E-state index in [4.69, 9.17) is 39.5 Å². The summed E-state index contributed by atoms with van der Waals surface area (Å²) in [5.74, 6) is -1.44. The number of nitro benzene ring substituents is 1. The first kappa shape index (κ1) is 22.8. The van der Waals surface area contributed by atoms with Gasteiger partial charge in [-0.3, -0.25) is 19.7 Å². The van der Waals surface area contributed by atoms with E-state index in [-0.39, 0.29) is 64.1 Å². The Morgan fingerprint density at radius 3 is 2.32 bits per heavy atom. The van der Waals surface area contributed by atoms with Crippen molar-refractivity contribution >= 4 is 58.5 Å². The molecule has 1 heterocycles. The van der Waals surface area contributed by atoms with Gasteiger partial charge in [-0.2, -0.15) is 10.1 Å². The molecule has 2 amide bonds. The van der Waals surface area contributed by atoms with Crippen LogP contribution in [0.15, 0.2) is 47.6 Å². The molecule has 2 bridgehead atoms. The summed E-state index contributed by atoms with van der Waals surface area (Å²) < 4.78 is 5.61. The highest BCUT2D eigenvalue weighted by Crippen LogP contribution is 2.52. The third-order valence-corrected chi connectivity index (χ3v) is 7.40. The fraction of sp³-hybridized carbons (Fsp3) is 0.261. The highest BCUT2D eigenvalue weighted by Gasteiger charge is 2.59. The van der Waals surface area contributed by atoms with Gasteiger partial charge in [0.15, 0.2) is 0 Å². The Morgan fingerprint density at radius 2 is 1.71 bits per heavy atom. The van der Waals surface area contributed by atoms with Gasteiger partial charge in [-0.05, 0) is 42.0 Å². The molecule has 1 saturated carbocycles. The van der Waals surface area contributed by atoms with Gasteiger partial charge in [0, 0.05) is 11.6 Å². The number of halogens is 3. The van der Waals surface area contributed by atoms with Crippen LogP contribution in [0.25, 0.3) is 0 Å². The third kappa shape index (κ3) is 3.85. The van der Waals surface area contributed by atoms with Crippen molar-refractivity contribution in [2.24, 2.45) is 28.8 Å². The highest BCUT2D eigenvalue weighted by atomic mass is 35.5. The second-order valence-corrected chi connectivity index (χ2v) is 9.60. The minimum Gasteiger partial charge on any atom is -0.481 e. The number of rotatable bonds is 6. The van der Waals surface area contributed by atoms with Crippen LogP contribution in [0.1, 0.15) is 17.5 Å². The third-order valence-electron chi connectivity index (χ3n) is 6.38. The Hall–Kier alpha value is -2.94. The number of carbonyl (C=O) groups is 2. The molecular formula is C23H16Cl3N3O5. The van der Waals surface area contributed by atoms with Crippen LogP contribution in [0.5, 0.6) is 5.75 Å². The predicted molar refractivity (Wildman–Crippen MR) is 126 cm³/mol. The molecule has 0 unspecified atom stereocenters. The Kier molecular flexibility index (Phi) is 5.83. The second-order valence-electron chi connectivity index (χ2n) is 8.38. The number of ether oxygens (including phenoxy) is 1. The Bertz CT molecular complexity index is 1260. The lowest BCUT2D eigenvalue weighted by molar-refractivity contribution is -0.385. The van der Waals surface area contributed by atoms with Crippen molar-refractivity contribution in [1.29, 1.82) is 0 Å². The van der Waals surface area contributed by atoms with Gasteiger partial charge >= 0.3 is 5.69 Å². The molecule has 1 aliphatic heterocycles. The van der Waals surface area contributed by atoms with E-state index in [1.54, 1.807) is 18.2 Å². The molecule has 34 heavy (non-hydrogen) atoms. The van der Waals surface area contributed by atoms with Crippen LogP contribution < -0.4 is 4.74 Å². The maximum Gasteiger partial charge on any atom is 0.313 e. The van der Waals surface area contributed by atoms with E-state index in [0.29, 0.717) is 15.6 Å². The lowest BCUT2D eigenvalue weighted by Crippen LogP contribution is -2.28. The standard InChI is InChI=1S/C23H16Cl3N3O5/c24-15-4-1-11(5-16(15)25)10-34-21-17(26)6-12(7-18(21)29(32)33)9-27-28-22(30)19-13-2-3-14(8-13)20(19)23(28)31/h1-7,9,13-14,19-20H,8,10H2/t13-,14-,19-,20+/m0/s1. The first-order valence-electron chi connectivity index (χ1n) is 10.4. The summed E-state index contributed by atoms with van der Waals surface area (Å²) in [6.07, 6.45) is 6.01. The summed E-state index contributed by atoms with van der Waals surface area (Å²) in [6.45, 7) is -0.0270. The van der Waals surface area contributed by atoms with Crippen LogP contribution in [0, 0.1) is 33.8 Å². The van der Waals surface area contributed by atoms with Crippen molar-refractivity contribution in [3.05, 3.63) is 78.8 Å². The van der Waals surface area contributed by atoms with Gasteiger partial charge in [-0.1, -0.05) is 53.0 Å². The van der Waals surface area contributed by atoms with Crippen LogP contribution in [0.4, 0.5) is 5.69 Å². The van der Waals surface area contributed by atoms with Gasteiger partial charge in [0.05, 0.1) is 38.0 Å². The van der Waals surface area contributed by atoms with Gasteiger partial charge < -0.3 is 4.74 Å². The molecule has 0 spiro atoms. The number of fused-ring (bicyclic) bond motifs is 5. The van der Waals surface area contributed by atoms with Crippen molar-refractivity contribution in [3.8, 4) is 5.75 Å². The SMILES string of the molecule is O=C1[C@@H]2[C@H](C(=O)N1N=Cc1cc(Cl)c(OCc3ccc(Cl)c(Cl)c3)c([N+](=O)[O-])c1)[C@H]1C=C[C@H]2C1. The summed E-state index contributed by atoms with van der Waals surface area (Å²) in [4.78, 5) is 36.5. The van der Waals surface area contributed by atoms with Gasteiger partial charge in [0.25, 0.3) is 11.8 Å². The largest absolute Gasteiger partial charge is 0.481 e. The van der Waals surface area contributed by atoms with Gasteiger partial charge in [-0.25, -0.2) is 0 Å². The van der Waals surface area contributed by atoms with Crippen LogP contribution in [0.3, 0.4) is 0 Å². The monoisotopic (exact) mass is 519 g/mol. The number of amides is 2. The number of hydrogen-bond acceptors (Lipinski definition) is 6. The Morgan fingerprint density at radius 1 is 1.03 bits per heavy atom. The number of imide groups is 1. The molecule has 174 valence electrons. The zero-order chi connectivity index (χ0) is 24.1. The number of hydrazone groups is 1. The minimum atomic E-state index is -0.632. The van der Waals surface area contributed by atoms with E-state index in [0.717, 1.165) is 11.4 Å². The molecule has 11 heteroatoms. The van der Waals surface area contributed by atoms with Crippen molar-refractivity contribution in [3.63, 3.8) is 0 Å². The predicted octanol–water partition coefficient (Wildman–Crippen LogP) is 5.28. The van der Waals surface area contributed by atoms with E-state index in [1.165, 1.54) is 18.3 Å². The average molecular weight is 521 g/mol. The lowest BCUT2D eigenvalue weighted by atomic mass is 9.85. The van der Waals surface area contributed by atoms with Crippen LogP contribution >= 0.6 is 34.8 Å². The topological polar surface area (TPSA) is 102 Å². The number of nitrogens with zero attached hydrogens (tertiary/aromatic N) is 3. The molecule has 2 aromatic carbocycles. The molecule has 5 rings (SSSR count). The van der Waals surface area contributed by atoms with E-state index in [2.05, 4.69) is 5.10 Å². The quantitative estimate of drug-likeness (QED) is 0.170. The first-order chi connectivity index (χ1) is 16.2. The molecule has 1 saturated heterocycles. The summed E-state index contributed by atoms with van der Waals surface area (Å²) >= 11 is 18.2. The van der Waals surface area contributed by atoms with E-state index >= 15 is 0 Å². The second kappa shape index (κ2) is 8.69. The van der Waals surface area contributed by atoms with E-state index in [1.807, 2.05) is 12.2 Å². The molecule has 0 aromatic heterocycles. The number of benzene rings is 2. The molecule has 0 N–H and O–H groups in total. The molecule has 2 aliphatic carbocycles. The molecule has 2 fully saturated rings. The Labute approximate surface area is 208 Å². The molecule has 4 atom stereocenters. The summed E-state index contributed by atoms with van der Waals surface area (Å²) in [5.41, 5.74) is 0.509. The van der Waals surface area contributed by atoms with Crippen molar-refractivity contribution in [2.75, 3.05) is 0 Å². The zero-order valence-corrected chi connectivity index (χ0v) is 19.6. The van der Waals surface area contributed by atoms with Crippen LogP contribution in [-0.2, 0) is 16.2 Å². The summed E-state index contributed by atoms with van der Waals surface area (Å²) in [5, 5.41) is 17.3. The highest BCUT2D eigenvalue weighted by molar-refractivity contribution is 6.42. The summed E-state index contributed by atoms with van der Waals surface area (Å²) in [7, 11) is 0. The first-order valence-corrected chi connectivity index (χ1v) is 11.5. The normalized spacial score (nSPS) is 25.0. The molecular weight excluding hydrogens is 505 g/mol. The molecule has 0 radical (unpaired) electrons.